The smallest absolute Gasteiger partial charge is 0.407 e. The number of alkyl carbamates (subject to hydrolysis) is 1. The lowest BCUT2D eigenvalue weighted by atomic mass is 10.2. The lowest BCUT2D eigenvalue weighted by Gasteiger charge is -2.13. The Hall–Kier alpha value is -1.26. The van der Waals surface area contributed by atoms with Gasteiger partial charge in [-0.1, -0.05) is 13.3 Å². The highest BCUT2D eigenvalue weighted by Crippen LogP contribution is 2.32. The number of nitrogens with one attached hydrogen (secondary N) is 1. The van der Waals surface area contributed by atoms with Crippen LogP contribution in [0.2, 0.25) is 0 Å². The summed E-state index contributed by atoms with van der Waals surface area (Å²) in [5, 5.41) is 11.2. The number of carbonyl (C=O) groups excluding carboxylic acids is 1. The quantitative estimate of drug-likeness (QED) is 0.656. The third-order valence-corrected chi connectivity index (χ3v) is 2.36. The van der Waals surface area contributed by atoms with Gasteiger partial charge >= 0.3 is 12.1 Å². The molecule has 1 fully saturated rings. The third-order valence-electron chi connectivity index (χ3n) is 2.36. The molecule has 0 unspecified atom stereocenters. The molecule has 0 saturated heterocycles. The second-order valence-electron chi connectivity index (χ2n) is 3.79. The standard InChI is InChI=1S/C10H17NO4/c1-2-3-6-15-10(14)11-8(9(12)13)7-4-5-7/h7-8H,2-6H2,1H3,(H,11,14)(H,12,13)/t8-/m1/s1. The largest absolute Gasteiger partial charge is 0.480 e. The number of hydrogen-bond acceptors (Lipinski definition) is 3. The summed E-state index contributed by atoms with van der Waals surface area (Å²) >= 11 is 0. The van der Waals surface area contributed by atoms with Crippen LogP contribution in [0.3, 0.4) is 0 Å². The molecule has 5 nitrogen and oxygen atoms in total. The first-order valence-electron chi connectivity index (χ1n) is 5.31. The average Bonchev–Trinajstić information content (AvgIpc) is 2.97. The van der Waals surface area contributed by atoms with Crippen LogP contribution in [0.1, 0.15) is 32.6 Å². The summed E-state index contributed by atoms with van der Waals surface area (Å²) in [4.78, 5) is 21.9. The van der Waals surface area contributed by atoms with E-state index >= 15 is 0 Å². The molecule has 0 spiro atoms. The number of unbranched alkanes of at least 4 members (excludes halogenated alkanes) is 1. The van der Waals surface area contributed by atoms with E-state index in [1.807, 2.05) is 6.92 Å². The zero-order valence-corrected chi connectivity index (χ0v) is 8.86. The van der Waals surface area contributed by atoms with Crippen molar-refractivity contribution in [1.29, 1.82) is 0 Å². The Bertz CT molecular complexity index is 238. The minimum absolute atomic E-state index is 0.0845. The minimum Gasteiger partial charge on any atom is -0.480 e. The Labute approximate surface area is 88.8 Å². The summed E-state index contributed by atoms with van der Waals surface area (Å²) in [7, 11) is 0. The fourth-order valence-electron chi connectivity index (χ4n) is 1.29. The molecule has 1 rings (SSSR count). The molecule has 1 aliphatic carbocycles. The number of aliphatic carboxylic acids is 1. The monoisotopic (exact) mass is 215 g/mol. The predicted molar refractivity (Wildman–Crippen MR) is 53.5 cm³/mol. The third kappa shape index (κ3) is 4.18. The molecule has 0 aromatic rings. The van der Waals surface area contributed by atoms with Crippen molar-refractivity contribution in [2.24, 2.45) is 5.92 Å². The Morgan fingerprint density at radius 3 is 2.67 bits per heavy atom. The molecule has 0 heterocycles. The summed E-state index contributed by atoms with van der Waals surface area (Å²) in [6.07, 6.45) is 2.85. The van der Waals surface area contributed by atoms with Crippen LogP contribution in [0.4, 0.5) is 4.79 Å². The van der Waals surface area contributed by atoms with Crippen molar-refractivity contribution in [2.75, 3.05) is 6.61 Å². The lowest BCUT2D eigenvalue weighted by molar-refractivity contribution is -0.139. The second-order valence-corrected chi connectivity index (χ2v) is 3.79. The van der Waals surface area contributed by atoms with Crippen LogP contribution in [0.25, 0.3) is 0 Å². The first-order chi connectivity index (χ1) is 7.15. The maximum absolute atomic E-state index is 11.2. The molecule has 0 aromatic heterocycles. The predicted octanol–water partition coefficient (Wildman–Crippen LogP) is 1.38. The summed E-state index contributed by atoms with van der Waals surface area (Å²) in [5.41, 5.74) is 0. The van der Waals surface area contributed by atoms with Crippen LogP contribution < -0.4 is 5.32 Å². The zero-order valence-electron chi connectivity index (χ0n) is 8.86. The SMILES string of the molecule is CCCCOC(=O)N[C@@H](C(=O)O)C1CC1. The van der Waals surface area contributed by atoms with E-state index in [0.29, 0.717) is 6.61 Å². The van der Waals surface area contributed by atoms with Gasteiger partial charge in [0.1, 0.15) is 6.04 Å². The number of ether oxygens (including phenoxy) is 1. The van der Waals surface area contributed by atoms with Gasteiger partial charge in [-0.2, -0.15) is 0 Å². The molecule has 1 atom stereocenters. The summed E-state index contributed by atoms with van der Waals surface area (Å²) in [5.74, 6) is -0.897. The van der Waals surface area contributed by atoms with Gasteiger partial charge in [0, 0.05) is 0 Å². The van der Waals surface area contributed by atoms with Gasteiger partial charge in [-0.3, -0.25) is 0 Å². The molecule has 86 valence electrons. The van der Waals surface area contributed by atoms with Crippen molar-refractivity contribution in [3.63, 3.8) is 0 Å². The maximum atomic E-state index is 11.2. The van der Waals surface area contributed by atoms with Crippen molar-refractivity contribution in [2.45, 2.75) is 38.6 Å². The van der Waals surface area contributed by atoms with Gasteiger partial charge in [0.05, 0.1) is 6.61 Å². The van der Waals surface area contributed by atoms with Gasteiger partial charge in [-0.15, -0.1) is 0 Å². The molecule has 1 amide bonds. The van der Waals surface area contributed by atoms with E-state index in [4.69, 9.17) is 9.84 Å². The molecular weight excluding hydrogens is 198 g/mol. The Balaban J connectivity index is 2.24. The molecule has 0 radical (unpaired) electrons. The van der Waals surface area contributed by atoms with Gasteiger partial charge in [0.25, 0.3) is 0 Å². The molecule has 0 bridgehead atoms. The first-order valence-corrected chi connectivity index (χ1v) is 5.31. The molecule has 0 aromatic carbocycles. The van der Waals surface area contributed by atoms with Crippen LogP contribution in [0.5, 0.6) is 0 Å². The van der Waals surface area contributed by atoms with Crippen LogP contribution in [-0.2, 0) is 9.53 Å². The fourth-order valence-corrected chi connectivity index (χ4v) is 1.29. The second kappa shape index (κ2) is 5.58. The van der Waals surface area contributed by atoms with Crippen LogP contribution >= 0.6 is 0 Å². The van der Waals surface area contributed by atoms with Crippen molar-refractivity contribution in [1.82, 2.24) is 5.32 Å². The van der Waals surface area contributed by atoms with Gasteiger partial charge in [-0.05, 0) is 25.2 Å². The van der Waals surface area contributed by atoms with Crippen molar-refractivity contribution in [3.8, 4) is 0 Å². The van der Waals surface area contributed by atoms with Gasteiger partial charge in [-0.25, -0.2) is 9.59 Å². The van der Waals surface area contributed by atoms with Crippen molar-refractivity contribution >= 4 is 12.1 Å². The first kappa shape index (κ1) is 11.8. The van der Waals surface area contributed by atoms with E-state index < -0.39 is 18.1 Å². The molecule has 15 heavy (non-hydrogen) atoms. The Kier molecular flexibility index (Phi) is 4.39. The fraction of sp³-hybridized carbons (Fsp3) is 0.800. The minimum atomic E-state index is -0.982. The van der Waals surface area contributed by atoms with Crippen molar-refractivity contribution < 1.29 is 19.4 Å². The number of carbonyl (C=O) groups is 2. The number of carboxylic acids is 1. The van der Waals surface area contributed by atoms with Crippen LogP contribution in [0.15, 0.2) is 0 Å². The van der Waals surface area contributed by atoms with Gasteiger partial charge < -0.3 is 15.2 Å². The zero-order chi connectivity index (χ0) is 11.3. The summed E-state index contributed by atoms with van der Waals surface area (Å²) in [6.45, 7) is 2.34. The highest BCUT2D eigenvalue weighted by Gasteiger charge is 2.37. The highest BCUT2D eigenvalue weighted by atomic mass is 16.5. The highest BCUT2D eigenvalue weighted by molar-refractivity contribution is 5.80. The molecule has 1 saturated carbocycles. The van der Waals surface area contributed by atoms with Crippen molar-refractivity contribution in [3.05, 3.63) is 0 Å². The molecule has 1 aliphatic rings. The Morgan fingerprint density at radius 1 is 1.53 bits per heavy atom. The van der Waals surface area contributed by atoms with E-state index in [9.17, 15) is 9.59 Å². The van der Waals surface area contributed by atoms with E-state index in [0.717, 1.165) is 25.7 Å². The van der Waals surface area contributed by atoms with E-state index in [2.05, 4.69) is 5.32 Å². The normalized spacial score (nSPS) is 16.9. The number of hydrogen-bond donors (Lipinski definition) is 2. The average molecular weight is 215 g/mol. The molecule has 0 aliphatic heterocycles. The number of carboxylic acid groups (broad SMARTS) is 1. The topological polar surface area (TPSA) is 75.6 Å². The Morgan fingerprint density at radius 2 is 2.20 bits per heavy atom. The molecule has 5 heteroatoms. The van der Waals surface area contributed by atoms with Crippen LogP contribution in [0, 0.1) is 5.92 Å². The lowest BCUT2D eigenvalue weighted by Crippen LogP contribution is -2.42. The van der Waals surface area contributed by atoms with E-state index in [1.165, 1.54) is 0 Å². The van der Waals surface area contributed by atoms with Gasteiger partial charge in [0.15, 0.2) is 0 Å². The van der Waals surface area contributed by atoms with Gasteiger partial charge in [0.2, 0.25) is 0 Å². The molecular formula is C10H17NO4. The van der Waals surface area contributed by atoms with Crippen LogP contribution in [-0.4, -0.2) is 29.8 Å². The maximum Gasteiger partial charge on any atom is 0.407 e. The van der Waals surface area contributed by atoms with E-state index in [-0.39, 0.29) is 5.92 Å². The van der Waals surface area contributed by atoms with E-state index in [1.54, 1.807) is 0 Å². The molecule has 2 N–H and O–H groups in total. The summed E-state index contributed by atoms with van der Waals surface area (Å²) < 4.78 is 4.83. The summed E-state index contributed by atoms with van der Waals surface area (Å²) in [6, 6.07) is -0.779. The number of rotatable bonds is 6. The number of amides is 1.